The number of ether oxygens (including phenoxy) is 4. The highest BCUT2D eigenvalue weighted by Gasteiger charge is 2.54. The third kappa shape index (κ3) is 6.27. The van der Waals surface area contributed by atoms with Crippen LogP contribution >= 0.6 is 0 Å². The van der Waals surface area contributed by atoms with Crippen LogP contribution in [0.2, 0.25) is 0 Å². The predicted octanol–water partition coefficient (Wildman–Crippen LogP) is 2.87. The van der Waals surface area contributed by atoms with Crippen molar-refractivity contribution in [2.75, 3.05) is 20.8 Å². The predicted molar refractivity (Wildman–Crippen MR) is 157 cm³/mol. The van der Waals surface area contributed by atoms with Crippen molar-refractivity contribution >= 4 is 5.91 Å². The van der Waals surface area contributed by atoms with Gasteiger partial charge >= 0.3 is 17.8 Å². The van der Waals surface area contributed by atoms with Gasteiger partial charge < -0.3 is 29.4 Å². The summed E-state index contributed by atoms with van der Waals surface area (Å²) in [5.74, 6) is -1.29. The van der Waals surface area contributed by atoms with Gasteiger partial charge in [0, 0.05) is 12.3 Å². The number of alkyl halides is 3. The molecule has 1 aromatic heterocycles. The Morgan fingerprint density at radius 1 is 0.891 bits per heavy atom. The van der Waals surface area contributed by atoms with Gasteiger partial charge in [0.15, 0.2) is 6.23 Å². The van der Waals surface area contributed by atoms with Crippen molar-refractivity contribution in [3.63, 3.8) is 0 Å². The van der Waals surface area contributed by atoms with Crippen LogP contribution in [0.15, 0.2) is 101 Å². The first-order valence-corrected chi connectivity index (χ1v) is 14.0. The summed E-state index contributed by atoms with van der Waals surface area (Å²) in [6.45, 7) is -0.770. The summed E-state index contributed by atoms with van der Waals surface area (Å²) >= 11 is 0. The van der Waals surface area contributed by atoms with Crippen LogP contribution in [0.1, 0.15) is 22.9 Å². The zero-order valence-electron chi connectivity index (χ0n) is 24.6. The van der Waals surface area contributed by atoms with E-state index in [0.29, 0.717) is 28.2 Å². The lowest BCUT2D eigenvalue weighted by Gasteiger charge is -2.40. The third-order valence-corrected chi connectivity index (χ3v) is 7.69. The van der Waals surface area contributed by atoms with Crippen LogP contribution in [0, 0.1) is 0 Å². The average Bonchev–Trinajstić information content (AvgIpc) is 3.39. The van der Waals surface area contributed by atoms with Crippen molar-refractivity contribution in [3.05, 3.63) is 129 Å². The summed E-state index contributed by atoms with van der Waals surface area (Å²) in [5, 5.41) is 12.4. The van der Waals surface area contributed by atoms with Gasteiger partial charge in [0.25, 0.3) is 5.56 Å². The van der Waals surface area contributed by atoms with Crippen LogP contribution in [-0.2, 0) is 19.9 Å². The molecule has 4 atom stereocenters. The van der Waals surface area contributed by atoms with Crippen LogP contribution in [0.5, 0.6) is 11.5 Å². The topological polar surface area (TPSA) is 141 Å². The minimum atomic E-state index is -5.31. The standard InChI is InChI=1S/C32H30F3N3O8/c1-43-22-12-8-20(9-13-22)31(19-6-4-3-5-7-19,21-10-14-23(44-2)15-11-21)46-27-24(18-39)45-28(26(27)37-29(41)32(33,34)35)38-17-16-25(40)36-30(38)42/h3-17,24,26-28,39H,18H2,1-2H3,(H,37,41)(H,36,40,42)/t24-,26-,27-,28-/m1/s1. The van der Waals surface area contributed by atoms with Crippen LogP contribution < -0.4 is 26.0 Å². The molecule has 242 valence electrons. The number of nitrogens with zero attached hydrogens (tertiary/aromatic N) is 1. The number of rotatable bonds is 10. The highest BCUT2D eigenvalue weighted by Crippen LogP contribution is 2.45. The minimum absolute atomic E-state index is 0.506. The van der Waals surface area contributed by atoms with Crippen molar-refractivity contribution in [3.8, 4) is 11.5 Å². The number of hydrogen-bond donors (Lipinski definition) is 3. The molecule has 1 amide bonds. The Hall–Kier alpha value is -4.92. The number of aromatic nitrogens is 2. The largest absolute Gasteiger partial charge is 0.497 e. The number of methoxy groups -OCH3 is 2. The second-order valence-electron chi connectivity index (χ2n) is 10.3. The average molecular weight is 642 g/mol. The van der Waals surface area contributed by atoms with E-state index in [1.54, 1.807) is 78.9 Å². The summed E-state index contributed by atoms with van der Waals surface area (Å²) in [4.78, 5) is 39.0. The highest BCUT2D eigenvalue weighted by molar-refractivity contribution is 5.82. The Bertz CT molecular complexity index is 1710. The van der Waals surface area contributed by atoms with E-state index in [0.717, 1.165) is 16.8 Å². The first-order chi connectivity index (χ1) is 22.0. The van der Waals surface area contributed by atoms with Gasteiger partial charge in [-0.05, 0) is 41.0 Å². The normalized spacial score (nSPS) is 19.9. The molecule has 3 N–H and O–H groups in total. The van der Waals surface area contributed by atoms with Crippen molar-refractivity contribution < 1.29 is 42.0 Å². The quantitative estimate of drug-likeness (QED) is 0.225. The number of aliphatic hydroxyl groups is 1. The van der Waals surface area contributed by atoms with E-state index in [-0.39, 0.29) is 0 Å². The number of aromatic amines is 1. The molecule has 0 radical (unpaired) electrons. The number of aliphatic hydroxyl groups excluding tert-OH is 1. The molecular weight excluding hydrogens is 611 g/mol. The second kappa shape index (κ2) is 13.2. The van der Waals surface area contributed by atoms with Gasteiger partial charge in [-0.1, -0.05) is 54.6 Å². The Balaban J connectivity index is 1.75. The summed E-state index contributed by atoms with van der Waals surface area (Å²) in [7, 11) is 2.99. The molecule has 2 heterocycles. The van der Waals surface area contributed by atoms with Crippen molar-refractivity contribution in [1.82, 2.24) is 14.9 Å². The fourth-order valence-electron chi connectivity index (χ4n) is 5.52. The Morgan fingerprint density at radius 3 is 1.91 bits per heavy atom. The maximum Gasteiger partial charge on any atom is 0.471 e. The molecule has 1 fully saturated rings. The van der Waals surface area contributed by atoms with Gasteiger partial charge in [-0.2, -0.15) is 13.2 Å². The summed E-state index contributed by atoms with van der Waals surface area (Å²) < 4.78 is 65.3. The lowest BCUT2D eigenvalue weighted by molar-refractivity contribution is -0.176. The molecular formula is C32H30F3N3O8. The third-order valence-electron chi connectivity index (χ3n) is 7.69. The van der Waals surface area contributed by atoms with E-state index < -0.39 is 60.0 Å². The molecule has 3 aromatic carbocycles. The van der Waals surface area contributed by atoms with Crippen LogP contribution in [0.25, 0.3) is 0 Å². The Labute approximate surface area is 260 Å². The van der Waals surface area contributed by atoms with Gasteiger partial charge in [-0.3, -0.25) is 19.1 Å². The number of amides is 1. The number of carbonyl (C=O) groups is 1. The minimum Gasteiger partial charge on any atom is -0.497 e. The van der Waals surface area contributed by atoms with Crippen molar-refractivity contribution in [1.29, 1.82) is 0 Å². The van der Waals surface area contributed by atoms with Gasteiger partial charge in [0.2, 0.25) is 0 Å². The van der Waals surface area contributed by atoms with E-state index in [2.05, 4.69) is 0 Å². The number of hydrogen-bond acceptors (Lipinski definition) is 8. The zero-order valence-corrected chi connectivity index (χ0v) is 24.6. The van der Waals surface area contributed by atoms with E-state index >= 15 is 0 Å². The number of nitrogens with one attached hydrogen (secondary N) is 2. The molecule has 14 heteroatoms. The molecule has 0 saturated carbocycles. The molecule has 0 aliphatic carbocycles. The lowest BCUT2D eigenvalue weighted by Crippen LogP contribution is -2.55. The molecule has 0 spiro atoms. The zero-order chi connectivity index (χ0) is 33.1. The van der Waals surface area contributed by atoms with Crippen molar-refractivity contribution in [2.45, 2.75) is 36.3 Å². The molecule has 4 aromatic rings. The summed E-state index contributed by atoms with van der Waals surface area (Å²) in [6, 6.07) is 21.6. The molecule has 0 bridgehead atoms. The van der Waals surface area contributed by atoms with E-state index in [4.69, 9.17) is 18.9 Å². The van der Waals surface area contributed by atoms with Gasteiger partial charge in [-0.15, -0.1) is 0 Å². The molecule has 0 unspecified atom stereocenters. The molecule has 1 aliphatic heterocycles. The van der Waals surface area contributed by atoms with Crippen LogP contribution in [0.4, 0.5) is 13.2 Å². The van der Waals surface area contributed by atoms with Crippen molar-refractivity contribution in [2.24, 2.45) is 0 Å². The maximum atomic E-state index is 13.7. The van der Waals surface area contributed by atoms with E-state index in [1.165, 1.54) is 14.2 Å². The fraction of sp³-hybridized carbons (Fsp3) is 0.281. The summed E-state index contributed by atoms with van der Waals surface area (Å²) in [6.07, 6.45) is -8.79. The van der Waals surface area contributed by atoms with Gasteiger partial charge in [-0.25, -0.2) is 4.79 Å². The van der Waals surface area contributed by atoms with Gasteiger partial charge in [0.05, 0.1) is 20.8 Å². The molecule has 46 heavy (non-hydrogen) atoms. The fourth-order valence-corrected chi connectivity index (χ4v) is 5.52. The van der Waals surface area contributed by atoms with Crippen LogP contribution in [-0.4, -0.2) is 65.8 Å². The number of halogens is 3. The molecule has 5 rings (SSSR count). The second-order valence-corrected chi connectivity index (χ2v) is 10.3. The van der Waals surface area contributed by atoms with E-state index in [1.807, 2.05) is 10.3 Å². The monoisotopic (exact) mass is 641 g/mol. The Kier molecular flexibility index (Phi) is 9.32. The van der Waals surface area contributed by atoms with Gasteiger partial charge in [0.1, 0.15) is 35.3 Å². The van der Waals surface area contributed by atoms with Crippen LogP contribution in [0.3, 0.4) is 0 Å². The first kappa shape index (κ1) is 32.5. The smallest absolute Gasteiger partial charge is 0.471 e. The number of H-pyrrole nitrogens is 1. The summed E-state index contributed by atoms with van der Waals surface area (Å²) in [5.41, 5.74) is -1.83. The SMILES string of the molecule is COc1ccc(C(O[C@H]2[C@@H](NC(=O)C(F)(F)F)[C@H](n3ccc(=O)[nH]c3=O)O[C@@H]2CO)(c2ccccc2)c2ccc(OC)cc2)cc1. The first-order valence-electron chi connectivity index (χ1n) is 14.0. The number of benzene rings is 3. The maximum absolute atomic E-state index is 13.7. The Morgan fingerprint density at radius 2 is 1.43 bits per heavy atom. The highest BCUT2D eigenvalue weighted by atomic mass is 19.4. The van der Waals surface area contributed by atoms with E-state index in [9.17, 15) is 32.7 Å². The molecule has 1 saturated heterocycles. The molecule has 1 aliphatic rings. The number of carbonyl (C=O) groups excluding carboxylic acids is 1. The molecule has 11 nitrogen and oxygen atoms in total. The lowest BCUT2D eigenvalue weighted by atomic mass is 9.79.